The molecule has 0 aromatic rings. The molecule has 0 bridgehead atoms. The third-order valence-electron chi connectivity index (χ3n) is 4.25. The van der Waals surface area contributed by atoms with Crippen molar-refractivity contribution >= 4 is 0 Å². The molecule has 2 heteroatoms. The van der Waals surface area contributed by atoms with Crippen LogP contribution in [0.3, 0.4) is 0 Å². The molecule has 2 unspecified atom stereocenters. The molecule has 2 rings (SSSR count). The summed E-state index contributed by atoms with van der Waals surface area (Å²) in [6, 6.07) is 2.37. The second kappa shape index (κ2) is 5.50. The summed E-state index contributed by atoms with van der Waals surface area (Å²) in [7, 11) is 0. The summed E-state index contributed by atoms with van der Waals surface area (Å²) in [5, 5.41) is 3.71. The van der Waals surface area contributed by atoms with Crippen LogP contribution >= 0.6 is 0 Å². The Bertz CT molecular complexity index is 209. The van der Waals surface area contributed by atoms with Crippen molar-refractivity contribution in [2.24, 2.45) is 5.92 Å². The minimum absolute atomic E-state index is 0.733. The smallest absolute Gasteiger partial charge is 0.0198 e. The van der Waals surface area contributed by atoms with Crippen LogP contribution in [-0.4, -0.2) is 36.1 Å². The van der Waals surface area contributed by atoms with Crippen LogP contribution in [0.2, 0.25) is 0 Å². The molecule has 1 saturated heterocycles. The van der Waals surface area contributed by atoms with Gasteiger partial charge < -0.3 is 5.32 Å². The Morgan fingerprint density at radius 1 is 1.25 bits per heavy atom. The molecule has 16 heavy (non-hydrogen) atoms. The molecule has 1 heterocycles. The fourth-order valence-electron chi connectivity index (χ4n) is 3.43. The second-order valence-corrected chi connectivity index (χ2v) is 6.22. The van der Waals surface area contributed by atoms with Gasteiger partial charge in [0.15, 0.2) is 0 Å². The first-order chi connectivity index (χ1) is 7.66. The SMILES string of the molecule is CC(C)CC1CN(C2CCCC2)C(C)CN1. The van der Waals surface area contributed by atoms with Gasteiger partial charge in [-0.1, -0.05) is 26.7 Å². The zero-order valence-electron chi connectivity index (χ0n) is 11.2. The molecule has 2 aliphatic rings. The van der Waals surface area contributed by atoms with E-state index >= 15 is 0 Å². The summed E-state index contributed by atoms with van der Waals surface area (Å²) in [6.45, 7) is 9.52. The van der Waals surface area contributed by atoms with Crippen LogP contribution in [0, 0.1) is 5.92 Å². The van der Waals surface area contributed by atoms with Crippen molar-refractivity contribution in [1.29, 1.82) is 0 Å². The van der Waals surface area contributed by atoms with E-state index in [1.165, 1.54) is 45.2 Å². The highest BCUT2D eigenvalue weighted by Crippen LogP contribution is 2.27. The monoisotopic (exact) mass is 224 g/mol. The number of nitrogens with zero attached hydrogens (tertiary/aromatic N) is 1. The average Bonchev–Trinajstić information content (AvgIpc) is 2.73. The van der Waals surface area contributed by atoms with Crippen molar-refractivity contribution in [2.75, 3.05) is 13.1 Å². The van der Waals surface area contributed by atoms with E-state index in [1.807, 2.05) is 0 Å². The summed E-state index contributed by atoms with van der Waals surface area (Å²) < 4.78 is 0. The van der Waals surface area contributed by atoms with Gasteiger partial charge in [-0.3, -0.25) is 4.90 Å². The Hall–Kier alpha value is -0.0800. The molecule has 0 aromatic carbocycles. The molecule has 2 nitrogen and oxygen atoms in total. The Kier molecular flexibility index (Phi) is 4.26. The van der Waals surface area contributed by atoms with Crippen molar-refractivity contribution in [1.82, 2.24) is 10.2 Å². The van der Waals surface area contributed by atoms with Crippen LogP contribution in [0.4, 0.5) is 0 Å². The molecule has 2 atom stereocenters. The number of nitrogens with one attached hydrogen (secondary N) is 1. The lowest BCUT2D eigenvalue weighted by Crippen LogP contribution is -2.58. The minimum atomic E-state index is 0.733. The Balaban J connectivity index is 1.89. The summed E-state index contributed by atoms with van der Waals surface area (Å²) >= 11 is 0. The lowest BCUT2D eigenvalue weighted by molar-refractivity contribution is 0.0871. The molecular formula is C14H28N2. The third-order valence-corrected chi connectivity index (χ3v) is 4.25. The quantitative estimate of drug-likeness (QED) is 0.793. The number of rotatable bonds is 3. The van der Waals surface area contributed by atoms with E-state index in [1.54, 1.807) is 0 Å². The highest BCUT2D eigenvalue weighted by atomic mass is 15.3. The van der Waals surface area contributed by atoms with E-state index in [0.717, 1.165) is 24.0 Å². The van der Waals surface area contributed by atoms with Crippen LogP contribution < -0.4 is 5.32 Å². The van der Waals surface area contributed by atoms with Gasteiger partial charge >= 0.3 is 0 Å². The molecular weight excluding hydrogens is 196 g/mol. The maximum atomic E-state index is 3.71. The maximum Gasteiger partial charge on any atom is 0.0198 e. The van der Waals surface area contributed by atoms with Crippen molar-refractivity contribution in [3.05, 3.63) is 0 Å². The molecule has 2 fully saturated rings. The Morgan fingerprint density at radius 3 is 2.56 bits per heavy atom. The first kappa shape index (κ1) is 12.4. The normalized spacial score (nSPS) is 33.8. The number of hydrogen-bond acceptors (Lipinski definition) is 2. The summed E-state index contributed by atoms with van der Waals surface area (Å²) in [5.41, 5.74) is 0. The fourth-order valence-corrected chi connectivity index (χ4v) is 3.43. The lowest BCUT2D eigenvalue weighted by atomic mass is 9.98. The predicted molar refractivity (Wildman–Crippen MR) is 69.7 cm³/mol. The van der Waals surface area contributed by atoms with E-state index < -0.39 is 0 Å². The van der Waals surface area contributed by atoms with Gasteiger partial charge in [0.25, 0.3) is 0 Å². The molecule has 0 spiro atoms. The molecule has 1 saturated carbocycles. The first-order valence-electron chi connectivity index (χ1n) is 7.16. The second-order valence-electron chi connectivity index (χ2n) is 6.22. The zero-order chi connectivity index (χ0) is 11.5. The van der Waals surface area contributed by atoms with Crippen LogP contribution in [0.25, 0.3) is 0 Å². The van der Waals surface area contributed by atoms with Gasteiger partial charge in [0.1, 0.15) is 0 Å². The summed E-state index contributed by atoms with van der Waals surface area (Å²) in [6.07, 6.45) is 7.12. The van der Waals surface area contributed by atoms with Gasteiger partial charge in [-0.25, -0.2) is 0 Å². The number of hydrogen-bond donors (Lipinski definition) is 1. The highest BCUT2D eigenvalue weighted by molar-refractivity contribution is 4.89. The van der Waals surface area contributed by atoms with Crippen LogP contribution in [0.1, 0.15) is 52.9 Å². The molecule has 1 aliphatic carbocycles. The number of piperazine rings is 1. The first-order valence-corrected chi connectivity index (χ1v) is 7.16. The summed E-state index contributed by atoms with van der Waals surface area (Å²) in [5.74, 6) is 0.816. The Labute approximate surface area is 101 Å². The fraction of sp³-hybridized carbons (Fsp3) is 1.00. The predicted octanol–water partition coefficient (Wildman–Crippen LogP) is 2.64. The maximum absolute atomic E-state index is 3.71. The van der Waals surface area contributed by atoms with Crippen molar-refractivity contribution in [3.63, 3.8) is 0 Å². The molecule has 94 valence electrons. The third kappa shape index (κ3) is 2.98. The van der Waals surface area contributed by atoms with Gasteiger partial charge in [-0.05, 0) is 32.1 Å². The molecule has 0 radical (unpaired) electrons. The highest BCUT2D eigenvalue weighted by Gasteiger charge is 2.31. The average molecular weight is 224 g/mol. The van der Waals surface area contributed by atoms with Crippen LogP contribution in [0.5, 0.6) is 0 Å². The largest absolute Gasteiger partial charge is 0.311 e. The molecule has 1 aliphatic heterocycles. The van der Waals surface area contributed by atoms with Gasteiger partial charge in [-0.15, -0.1) is 0 Å². The van der Waals surface area contributed by atoms with E-state index in [0.29, 0.717) is 0 Å². The van der Waals surface area contributed by atoms with E-state index in [-0.39, 0.29) is 0 Å². The topological polar surface area (TPSA) is 15.3 Å². The molecule has 0 aromatic heterocycles. The van der Waals surface area contributed by atoms with E-state index in [4.69, 9.17) is 0 Å². The molecule has 0 amide bonds. The lowest BCUT2D eigenvalue weighted by Gasteiger charge is -2.42. The summed E-state index contributed by atoms with van der Waals surface area (Å²) in [4.78, 5) is 2.79. The van der Waals surface area contributed by atoms with Crippen molar-refractivity contribution in [2.45, 2.75) is 71.0 Å². The Morgan fingerprint density at radius 2 is 1.94 bits per heavy atom. The van der Waals surface area contributed by atoms with Gasteiger partial charge in [-0.2, -0.15) is 0 Å². The van der Waals surface area contributed by atoms with Gasteiger partial charge in [0.2, 0.25) is 0 Å². The standard InChI is InChI=1S/C14H28N2/c1-11(2)8-13-10-16(12(3)9-15-13)14-6-4-5-7-14/h11-15H,4-10H2,1-3H3. The van der Waals surface area contributed by atoms with Gasteiger partial charge in [0.05, 0.1) is 0 Å². The van der Waals surface area contributed by atoms with Crippen LogP contribution in [-0.2, 0) is 0 Å². The van der Waals surface area contributed by atoms with E-state index in [2.05, 4.69) is 31.0 Å². The van der Waals surface area contributed by atoms with Gasteiger partial charge in [0, 0.05) is 31.2 Å². The van der Waals surface area contributed by atoms with Crippen molar-refractivity contribution < 1.29 is 0 Å². The van der Waals surface area contributed by atoms with Crippen molar-refractivity contribution in [3.8, 4) is 0 Å². The molecule has 1 N–H and O–H groups in total. The zero-order valence-corrected chi connectivity index (χ0v) is 11.2. The van der Waals surface area contributed by atoms with Crippen LogP contribution in [0.15, 0.2) is 0 Å². The minimum Gasteiger partial charge on any atom is -0.311 e. The van der Waals surface area contributed by atoms with E-state index in [9.17, 15) is 0 Å².